The summed E-state index contributed by atoms with van der Waals surface area (Å²) < 4.78 is 5.85. The lowest BCUT2D eigenvalue weighted by Gasteiger charge is -2.28. The second-order valence-corrected chi connectivity index (χ2v) is 10.0. The van der Waals surface area contributed by atoms with Gasteiger partial charge in [-0.25, -0.2) is 0 Å². The zero-order chi connectivity index (χ0) is 19.6. The van der Waals surface area contributed by atoms with Gasteiger partial charge < -0.3 is 4.74 Å². The van der Waals surface area contributed by atoms with E-state index < -0.39 is 0 Å². The number of carbonyl (C=O) groups excluding carboxylic acids is 2. The van der Waals surface area contributed by atoms with Crippen LogP contribution in [0.25, 0.3) is 0 Å². The monoisotopic (exact) mass is 503 g/mol. The Balaban J connectivity index is 1.37. The van der Waals surface area contributed by atoms with Crippen molar-refractivity contribution in [2.45, 2.75) is 23.0 Å². The summed E-state index contributed by atoms with van der Waals surface area (Å²) in [4.78, 5) is 28.1. The molecule has 6 atom stereocenters. The van der Waals surface area contributed by atoms with E-state index in [1.54, 1.807) is 24.3 Å². The van der Waals surface area contributed by atoms with Crippen molar-refractivity contribution < 1.29 is 14.3 Å². The molecule has 0 N–H and O–H groups in total. The van der Waals surface area contributed by atoms with Gasteiger partial charge in [-0.15, -0.1) is 0 Å². The molecule has 0 aromatic heterocycles. The molecule has 2 bridgehead atoms. The highest BCUT2D eigenvalue weighted by Crippen LogP contribution is 2.60. The number of alkyl halides is 2. The van der Waals surface area contributed by atoms with Crippen LogP contribution < -0.4 is 9.64 Å². The maximum atomic E-state index is 13.1. The van der Waals surface area contributed by atoms with E-state index in [1.807, 2.05) is 31.2 Å². The van der Waals surface area contributed by atoms with Crippen molar-refractivity contribution >= 4 is 49.4 Å². The van der Waals surface area contributed by atoms with Crippen molar-refractivity contribution in [3.8, 4) is 11.5 Å². The van der Waals surface area contributed by atoms with Crippen LogP contribution >= 0.6 is 31.9 Å². The molecule has 0 radical (unpaired) electrons. The summed E-state index contributed by atoms with van der Waals surface area (Å²) in [7, 11) is 0. The van der Waals surface area contributed by atoms with E-state index >= 15 is 0 Å². The van der Waals surface area contributed by atoms with Crippen LogP contribution in [0.5, 0.6) is 11.5 Å². The predicted molar refractivity (Wildman–Crippen MR) is 114 cm³/mol. The Kier molecular flexibility index (Phi) is 4.40. The molecule has 2 aliphatic carbocycles. The van der Waals surface area contributed by atoms with Crippen molar-refractivity contribution in [2.75, 3.05) is 4.90 Å². The lowest BCUT2D eigenvalue weighted by atomic mass is 9.81. The van der Waals surface area contributed by atoms with Gasteiger partial charge in [0.1, 0.15) is 11.5 Å². The molecule has 2 aromatic rings. The second-order valence-electron chi connectivity index (χ2n) is 7.92. The van der Waals surface area contributed by atoms with Gasteiger partial charge in [-0.05, 0) is 61.6 Å². The first-order valence-corrected chi connectivity index (χ1v) is 11.3. The summed E-state index contributed by atoms with van der Waals surface area (Å²) in [5.74, 6) is 1.38. The Bertz CT molecular complexity index is 911. The molecule has 5 rings (SSSR count). The molecule has 2 aromatic carbocycles. The van der Waals surface area contributed by atoms with Crippen LogP contribution in [0.2, 0.25) is 0 Å². The topological polar surface area (TPSA) is 46.6 Å². The number of rotatable bonds is 3. The third-order valence-corrected chi connectivity index (χ3v) is 9.55. The first-order valence-electron chi connectivity index (χ1n) is 9.46. The first-order chi connectivity index (χ1) is 13.5. The Morgan fingerprint density at radius 3 is 1.79 bits per heavy atom. The molecular formula is C22H19Br2NO3. The van der Waals surface area contributed by atoms with Gasteiger partial charge >= 0.3 is 0 Å². The minimum Gasteiger partial charge on any atom is -0.457 e. The van der Waals surface area contributed by atoms with Crippen molar-refractivity contribution in [1.82, 2.24) is 0 Å². The highest BCUT2D eigenvalue weighted by molar-refractivity contribution is 9.12. The fraction of sp³-hybridized carbons (Fsp3) is 0.364. The minimum absolute atomic E-state index is 0.0569. The number of nitrogens with zero attached hydrogens (tertiary/aromatic N) is 1. The second kappa shape index (κ2) is 6.70. The van der Waals surface area contributed by atoms with Crippen LogP contribution in [0.15, 0.2) is 48.5 Å². The maximum absolute atomic E-state index is 13.1. The molecule has 0 spiro atoms. The number of halogens is 2. The Morgan fingerprint density at radius 1 is 0.821 bits per heavy atom. The minimum atomic E-state index is -0.195. The SMILES string of the molecule is Cc1ccc(Oc2ccc(N3C(=O)[C@@H]4[C@H]5C[C@@H]([C@H](Br)[C@H]5Br)[C@H]4C3=O)cc2)cc1. The zero-order valence-electron chi connectivity index (χ0n) is 15.2. The van der Waals surface area contributed by atoms with Gasteiger partial charge in [0.2, 0.25) is 11.8 Å². The van der Waals surface area contributed by atoms with Crippen molar-refractivity contribution in [3.05, 3.63) is 54.1 Å². The lowest BCUT2D eigenvalue weighted by molar-refractivity contribution is -0.123. The number of carbonyl (C=O) groups is 2. The average molecular weight is 505 g/mol. The molecule has 2 saturated carbocycles. The van der Waals surface area contributed by atoms with Gasteiger partial charge in [0.25, 0.3) is 0 Å². The highest BCUT2D eigenvalue weighted by Gasteiger charge is 2.66. The van der Waals surface area contributed by atoms with Gasteiger partial charge in [0.15, 0.2) is 0 Å². The third kappa shape index (κ3) is 2.68. The Morgan fingerprint density at radius 2 is 1.29 bits per heavy atom. The maximum Gasteiger partial charge on any atom is 0.238 e. The molecule has 2 amide bonds. The summed E-state index contributed by atoms with van der Waals surface area (Å²) in [6.45, 7) is 2.03. The Labute approximate surface area is 180 Å². The van der Waals surface area contributed by atoms with E-state index in [-0.39, 0.29) is 45.1 Å². The molecule has 1 aliphatic heterocycles. The van der Waals surface area contributed by atoms with Gasteiger partial charge in [-0.2, -0.15) is 0 Å². The van der Waals surface area contributed by atoms with E-state index in [4.69, 9.17) is 4.74 Å². The van der Waals surface area contributed by atoms with E-state index in [0.717, 1.165) is 12.2 Å². The molecule has 1 saturated heterocycles. The van der Waals surface area contributed by atoms with Gasteiger partial charge in [-0.3, -0.25) is 14.5 Å². The smallest absolute Gasteiger partial charge is 0.238 e. The van der Waals surface area contributed by atoms with E-state index in [1.165, 1.54) is 10.5 Å². The molecule has 144 valence electrons. The molecule has 1 heterocycles. The van der Waals surface area contributed by atoms with Crippen LogP contribution in [0.1, 0.15) is 12.0 Å². The molecule has 4 nitrogen and oxygen atoms in total. The average Bonchev–Trinajstić information content (AvgIpc) is 3.29. The molecule has 6 heteroatoms. The van der Waals surface area contributed by atoms with Crippen molar-refractivity contribution in [2.24, 2.45) is 23.7 Å². The number of fused-ring (bicyclic) bond motifs is 5. The number of benzene rings is 2. The number of ether oxygens (including phenoxy) is 1. The number of imide groups is 1. The van der Waals surface area contributed by atoms with Gasteiger partial charge in [-0.1, -0.05) is 49.6 Å². The van der Waals surface area contributed by atoms with Crippen LogP contribution in [-0.2, 0) is 9.59 Å². The van der Waals surface area contributed by atoms with Gasteiger partial charge in [0, 0.05) is 9.65 Å². The molecule has 3 fully saturated rings. The van der Waals surface area contributed by atoms with Crippen molar-refractivity contribution in [1.29, 1.82) is 0 Å². The fourth-order valence-corrected chi connectivity index (χ4v) is 6.88. The first kappa shape index (κ1) is 18.4. The van der Waals surface area contributed by atoms with Crippen molar-refractivity contribution in [3.63, 3.8) is 0 Å². The standard InChI is InChI=1S/C22H19Br2NO3/c1-11-2-6-13(7-3-11)28-14-8-4-12(5-9-14)25-21(26)17-15-10-16(18(17)22(25)27)20(24)19(15)23/h2-9,15-20H,10H2,1H3/t15-,16-,17-,18-,19+,20+/m1/s1. The molecular weight excluding hydrogens is 486 g/mol. The van der Waals surface area contributed by atoms with E-state index in [2.05, 4.69) is 31.9 Å². The number of amides is 2. The number of aryl methyl sites for hydroxylation is 1. The normalized spacial score (nSPS) is 33.5. The van der Waals surface area contributed by atoms with Crippen LogP contribution in [0, 0.1) is 30.6 Å². The summed E-state index contributed by atoms with van der Waals surface area (Å²) in [5, 5.41) is 0. The lowest BCUT2D eigenvalue weighted by Crippen LogP contribution is -2.37. The molecule has 0 unspecified atom stereocenters. The van der Waals surface area contributed by atoms with Crippen LogP contribution in [-0.4, -0.2) is 21.5 Å². The number of hydrogen-bond donors (Lipinski definition) is 0. The number of anilines is 1. The molecule has 28 heavy (non-hydrogen) atoms. The fourth-order valence-electron chi connectivity index (χ4n) is 5.01. The Hall–Kier alpha value is -1.66. The summed E-state index contributed by atoms with van der Waals surface area (Å²) in [6, 6.07) is 15.0. The quantitative estimate of drug-likeness (QED) is 0.433. The molecule has 3 aliphatic rings. The van der Waals surface area contributed by atoms with Crippen LogP contribution in [0.3, 0.4) is 0 Å². The largest absolute Gasteiger partial charge is 0.457 e. The third-order valence-electron chi connectivity index (χ3n) is 6.34. The zero-order valence-corrected chi connectivity index (χ0v) is 18.4. The van der Waals surface area contributed by atoms with E-state index in [0.29, 0.717) is 11.4 Å². The highest BCUT2D eigenvalue weighted by atomic mass is 79.9. The number of hydrogen-bond acceptors (Lipinski definition) is 3. The van der Waals surface area contributed by atoms with Crippen LogP contribution in [0.4, 0.5) is 5.69 Å². The van der Waals surface area contributed by atoms with Gasteiger partial charge in [0.05, 0.1) is 17.5 Å². The van der Waals surface area contributed by atoms with E-state index in [9.17, 15) is 9.59 Å². The summed E-state index contributed by atoms with van der Waals surface area (Å²) >= 11 is 7.44. The predicted octanol–water partition coefficient (Wildman–Crippen LogP) is 5.07. The summed E-state index contributed by atoms with van der Waals surface area (Å²) in [6.07, 6.45) is 0.940. The summed E-state index contributed by atoms with van der Waals surface area (Å²) in [5.41, 5.74) is 1.79.